The summed E-state index contributed by atoms with van der Waals surface area (Å²) in [6.07, 6.45) is 7.86. The van der Waals surface area contributed by atoms with Gasteiger partial charge in [-0.3, -0.25) is 0 Å². The summed E-state index contributed by atoms with van der Waals surface area (Å²) in [7, 11) is 0. The van der Waals surface area contributed by atoms with Gasteiger partial charge in [0.15, 0.2) is 0 Å². The molecule has 0 aliphatic heterocycles. The molecule has 1 nitrogen and oxygen atoms in total. The molecular formula is C18H24OSe. The van der Waals surface area contributed by atoms with Gasteiger partial charge in [-0.1, -0.05) is 0 Å². The fraction of sp³-hybridized carbons (Fsp3) is 0.389. The van der Waals surface area contributed by atoms with E-state index < -0.39 is 0 Å². The van der Waals surface area contributed by atoms with Crippen LogP contribution in [0.25, 0.3) is 0 Å². The summed E-state index contributed by atoms with van der Waals surface area (Å²) in [4.78, 5) is 12.6. The Kier molecular flexibility index (Phi) is 8.25. The summed E-state index contributed by atoms with van der Waals surface area (Å²) >= 11 is 0.417. The normalized spacial score (nSPS) is 13.0. The van der Waals surface area contributed by atoms with E-state index in [1.54, 1.807) is 0 Å². The quantitative estimate of drug-likeness (QED) is 0.362. The summed E-state index contributed by atoms with van der Waals surface area (Å²) in [6, 6.07) is 10.0. The van der Waals surface area contributed by atoms with E-state index in [1.807, 2.05) is 42.5 Å². The van der Waals surface area contributed by atoms with Crippen LogP contribution in [-0.4, -0.2) is 20.7 Å². The van der Waals surface area contributed by atoms with E-state index in [0.717, 1.165) is 12.0 Å². The van der Waals surface area contributed by atoms with Crippen molar-refractivity contribution in [3.63, 3.8) is 0 Å². The van der Waals surface area contributed by atoms with Crippen molar-refractivity contribution in [2.24, 2.45) is 0 Å². The molecule has 2 heteroatoms. The molecule has 1 unspecified atom stereocenters. The Morgan fingerprint density at radius 1 is 1.35 bits per heavy atom. The van der Waals surface area contributed by atoms with Crippen LogP contribution in [0.5, 0.6) is 0 Å². The van der Waals surface area contributed by atoms with Crippen LogP contribution in [0.2, 0.25) is 5.82 Å². The van der Waals surface area contributed by atoms with E-state index in [2.05, 4.69) is 19.3 Å². The first-order valence-corrected chi connectivity index (χ1v) is 9.74. The van der Waals surface area contributed by atoms with Gasteiger partial charge < -0.3 is 0 Å². The van der Waals surface area contributed by atoms with Crippen LogP contribution >= 0.6 is 0 Å². The zero-order valence-electron chi connectivity index (χ0n) is 12.5. The molecule has 0 N–H and O–H groups in total. The van der Waals surface area contributed by atoms with E-state index in [0.29, 0.717) is 21.4 Å². The number of unbranched alkanes of at least 4 members (excludes halogenated alkanes) is 1. The third-order valence-electron chi connectivity index (χ3n) is 3.29. The van der Waals surface area contributed by atoms with Crippen molar-refractivity contribution in [2.45, 2.75) is 44.3 Å². The zero-order chi connectivity index (χ0) is 14.8. The molecule has 1 atom stereocenters. The van der Waals surface area contributed by atoms with E-state index in [4.69, 9.17) is 0 Å². The maximum atomic E-state index is 12.6. The maximum absolute atomic E-state index is 12.6. The van der Waals surface area contributed by atoms with Gasteiger partial charge in [0.1, 0.15) is 0 Å². The second kappa shape index (κ2) is 9.74. The fourth-order valence-electron chi connectivity index (χ4n) is 2.11. The van der Waals surface area contributed by atoms with Gasteiger partial charge in [0.05, 0.1) is 0 Å². The van der Waals surface area contributed by atoms with E-state index >= 15 is 0 Å². The SMILES string of the molecule is C=CCC(C(=O)/C=C(/CCCC)[Se]C)c1ccccc1. The molecule has 0 saturated heterocycles. The number of rotatable bonds is 9. The van der Waals surface area contributed by atoms with Gasteiger partial charge in [0, 0.05) is 0 Å². The van der Waals surface area contributed by atoms with Crippen LogP contribution in [0.3, 0.4) is 0 Å². The molecule has 0 aliphatic carbocycles. The molecule has 1 rings (SSSR count). The molecule has 0 amide bonds. The standard InChI is InChI=1S/C18H24OSe/c1-4-6-13-16(20-3)14-18(19)17(10-5-2)15-11-8-7-9-12-15/h5,7-9,11-12,14,17H,2,4,6,10,13H2,1,3H3/b16-14-. The van der Waals surface area contributed by atoms with Crippen molar-refractivity contribution in [2.75, 3.05) is 0 Å². The first kappa shape index (κ1) is 16.9. The molecule has 0 radical (unpaired) electrons. The number of hydrogen-bond donors (Lipinski definition) is 0. The van der Waals surface area contributed by atoms with Crippen molar-refractivity contribution in [1.82, 2.24) is 0 Å². The van der Waals surface area contributed by atoms with Gasteiger partial charge >= 0.3 is 129 Å². The molecule has 0 bridgehead atoms. The Labute approximate surface area is 129 Å². The fourth-order valence-corrected chi connectivity index (χ4v) is 3.33. The van der Waals surface area contributed by atoms with Crippen LogP contribution in [0, 0.1) is 0 Å². The Balaban J connectivity index is 2.88. The summed E-state index contributed by atoms with van der Waals surface area (Å²) in [6.45, 7) is 5.98. The topological polar surface area (TPSA) is 17.1 Å². The van der Waals surface area contributed by atoms with Gasteiger partial charge in [-0.05, 0) is 0 Å². The average molecular weight is 335 g/mol. The molecule has 20 heavy (non-hydrogen) atoms. The Morgan fingerprint density at radius 3 is 2.60 bits per heavy atom. The van der Waals surface area contributed by atoms with Crippen molar-refractivity contribution in [3.8, 4) is 0 Å². The molecule has 0 saturated carbocycles. The number of ketones is 1. The summed E-state index contributed by atoms with van der Waals surface area (Å²) in [5.41, 5.74) is 1.09. The molecule has 0 fully saturated rings. The van der Waals surface area contributed by atoms with Crippen LogP contribution in [0.15, 0.2) is 53.5 Å². The van der Waals surface area contributed by atoms with Crippen molar-refractivity contribution >= 4 is 20.7 Å². The molecule has 108 valence electrons. The summed E-state index contributed by atoms with van der Waals surface area (Å²) < 4.78 is 1.33. The number of carbonyl (C=O) groups excluding carboxylic acids is 1. The van der Waals surface area contributed by atoms with Crippen molar-refractivity contribution < 1.29 is 4.79 Å². The second-order valence-electron chi connectivity index (χ2n) is 4.81. The second-order valence-corrected chi connectivity index (χ2v) is 6.77. The monoisotopic (exact) mass is 336 g/mol. The predicted molar refractivity (Wildman–Crippen MR) is 88.2 cm³/mol. The van der Waals surface area contributed by atoms with Crippen LogP contribution in [0.1, 0.15) is 44.1 Å². The number of hydrogen-bond acceptors (Lipinski definition) is 1. The molecule has 0 aliphatic rings. The third-order valence-corrected chi connectivity index (χ3v) is 5.07. The van der Waals surface area contributed by atoms with E-state index in [1.165, 1.54) is 17.3 Å². The molecule has 0 spiro atoms. The van der Waals surface area contributed by atoms with Gasteiger partial charge in [0.2, 0.25) is 0 Å². The third kappa shape index (κ3) is 5.48. The first-order chi connectivity index (χ1) is 9.72. The molecule has 0 heterocycles. The minimum absolute atomic E-state index is 0.0762. The summed E-state index contributed by atoms with van der Waals surface area (Å²) in [5, 5.41) is 0. The number of carbonyl (C=O) groups is 1. The van der Waals surface area contributed by atoms with Gasteiger partial charge in [-0.25, -0.2) is 0 Å². The number of allylic oxidation sites excluding steroid dienone is 3. The zero-order valence-corrected chi connectivity index (χ0v) is 14.2. The van der Waals surface area contributed by atoms with Crippen molar-refractivity contribution in [3.05, 3.63) is 59.1 Å². The Morgan fingerprint density at radius 2 is 2.05 bits per heavy atom. The first-order valence-electron chi connectivity index (χ1n) is 7.17. The Hall–Kier alpha value is -1.11. The summed E-state index contributed by atoms with van der Waals surface area (Å²) in [5.74, 6) is 2.34. The molecule has 1 aromatic rings. The minimum atomic E-state index is -0.0762. The van der Waals surface area contributed by atoms with Crippen LogP contribution < -0.4 is 0 Å². The molecular weight excluding hydrogens is 311 g/mol. The van der Waals surface area contributed by atoms with Crippen LogP contribution in [0.4, 0.5) is 0 Å². The van der Waals surface area contributed by atoms with E-state index in [-0.39, 0.29) is 11.7 Å². The van der Waals surface area contributed by atoms with Gasteiger partial charge in [0.25, 0.3) is 0 Å². The average Bonchev–Trinajstić information content (AvgIpc) is 2.49. The Bertz CT molecular complexity index is 448. The van der Waals surface area contributed by atoms with Gasteiger partial charge in [-0.2, -0.15) is 0 Å². The molecule has 0 aromatic heterocycles. The van der Waals surface area contributed by atoms with Crippen molar-refractivity contribution in [1.29, 1.82) is 0 Å². The van der Waals surface area contributed by atoms with E-state index in [9.17, 15) is 4.79 Å². The number of benzene rings is 1. The molecule has 1 aromatic carbocycles. The van der Waals surface area contributed by atoms with Gasteiger partial charge in [-0.15, -0.1) is 0 Å². The predicted octanol–water partition coefficient (Wildman–Crippen LogP) is 4.74. The van der Waals surface area contributed by atoms with Crippen LogP contribution in [-0.2, 0) is 4.79 Å².